The van der Waals surface area contributed by atoms with E-state index in [4.69, 9.17) is 10.8 Å². The minimum atomic E-state index is -4.59. The Morgan fingerprint density at radius 1 is 1.09 bits per heavy atom. The number of fused-ring (bicyclic) bond motifs is 1. The molecular formula is C23H24F5N3O3. The Hall–Kier alpha value is -3.50. The number of halogens is 5. The second-order valence-corrected chi connectivity index (χ2v) is 8.60. The molecule has 2 aromatic carbocycles. The van der Waals surface area contributed by atoms with Gasteiger partial charge in [0.25, 0.3) is 0 Å². The minimum Gasteiger partial charge on any atom is -0.481 e. The molecule has 6 nitrogen and oxygen atoms in total. The summed E-state index contributed by atoms with van der Waals surface area (Å²) < 4.78 is 66.2. The summed E-state index contributed by atoms with van der Waals surface area (Å²) in [5.41, 5.74) is 2.97. The van der Waals surface area contributed by atoms with Crippen molar-refractivity contribution in [1.82, 2.24) is 9.78 Å². The number of carboxylic acid groups (broad SMARTS) is 1. The molecule has 11 heteroatoms. The van der Waals surface area contributed by atoms with Crippen LogP contribution in [0.3, 0.4) is 0 Å². The van der Waals surface area contributed by atoms with Crippen LogP contribution < -0.4 is 5.73 Å². The monoisotopic (exact) mass is 485 g/mol. The molecule has 0 spiro atoms. The number of aldehydes is 1. The van der Waals surface area contributed by atoms with E-state index in [1.807, 2.05) is 0 Å². The molecule has 0 radical (unpaired) electrons. The fourth-order valence-electron chi connectivity index (χ4n) is 3.07. The Balaban J connectivity index is 0.000000509. The van der Waals surface area contributed by atoms with Crippen LogP contribution in [-0.2, 0) is 21.3 Å². The van der Waals surface area contributed by atoms with Gasteiger partial charge in [0.2, 0.25) is 6.43 Å². The standard InChI is InChI=1S/C18H14F5N3O.C5H10O2/c19-16(20)8-17(10-27,11-4-6-12(7-5-11)18(21,22)23)26-15-3-1-2-14(24)13(15)9-25-26;1-5(2,3)4(6)7/h1-7,9-10,16H,8,24H2;1-3H3,(H,6,7). The number of nitrogens with zero attached hydrogens (tertiary/aromatic N) is 2. The van der Waals surface area contributed by atoms with Crippen LogP contribution >= 0.6 is 0 Å². The van der Waals surface area contributed by atoms with Crippen molar-refractivity contribution in [1.29, 1.82) is 0 Å². The summed E-state index contributed by atoms with van der Waals surface area (Å²) in [5, 5.41) is 12.7. The molecule has 1 atom stereocenters. The maximum atomic E-state index is 13.3. The average Bonchev–Trinajstić information content (AvgIpc) is 3.17. The molecule has 0 aliphatic rings. The Morgan fingerprint density at radius 2 is 1.62 bits per heavy atom. The molecule has 0 saturated carbocycles. The van der Waals surface area contributed by atoms with Crippen LogP contribution in [0.4, 0.5) is 27.6 Å². The summed E-state index contributed by atoms with van der Waals surface area (Å²) in [6, 6.07) is 8.23. The molecule has 0 fully saturated rings. The normalized spacial score (nSPS) is 13.8. The first-order valence-corrected chi connectivity index (χ1v) is 10.0. The first-order valence-electron chi connectivity index (χ1n) is 10.0. The maximum absolute atomic E-state index is 13.3. The third kappa shape index (κ3) is 5.70. The van der Waals surface area contributed by atoms with Crippen LogP contribution in [0.15, 0.2) is 48.7 Å². The van der Waals surface area contributed by atoms with E-state index >= 15 is 0 Å². The topological polar surface area (TPSA) is 98.2 Å². The predicted molar refractivity (Wildman–Crippen MR) is 116 cm³/mol. The highest BCUT2D eigenvalue weighted by Gasteiger charge is 2.40. The quantitative estimate of drug-likeness (QED) is 0.288. The highest BCUT2D eigenvalue weighted by molar-refractivity contribution is 5.91. The van der Waals surface area contributed by atoms with Crippen LogP contribution in [0.5, 0.6) is 0 Å². The average molecular weight is 485 g/mol. The van der Waals surface area contributed by atoms with E-state index in [9.17, 15) is 31.5 Å². The molecule has 3 rings (SSSR count). The molecule has 0 amide bonds. The zero-order valence-corrected chi connectivity index (χ0v) is 18.6. The number of rotatable bonds is 5. The van der Waals surface area contributed by atoms with E-state index in [-0.39, 0.29) is 11.8 Å². The first-order chi connectivity index (χ1) is 15.6. The number of nitrogens with two attached hydrogens (primary N) is 1. The van der Waals surface area contributed by atoms with Crippen molar-refractivity contribution in [2.24, 2.45) is 5.41 Å². The van der Waals surface area contributed by atoms with Gasteiger partial charge in [-0.1, -0.05) is 18.2 Å². The number of carboxylic acids is 1. The van der Waals surface area contributed by atoms with Crippen molar-refractivity contribution >= 4 is 28.8 Å². The van der Waals surface area contributed by atoms with Crippen molar-refractivity contribution in [3.63, 3.8) is 0 Å². The van der Waals surface area contributed by atoms with E-state index < -0.39 is 41.5 Å². The number of hydrogen-bond acceptors (Lipinski definition) is 4. The molecule has 184 valence electrons. The number of alkyl halides is 5. The molecule has 3 aromatic rings. The summed E-state index contributed by atoms with van der Waals surface area (Å²) in [4.78, 5) is 22.0. The fourth-order valence-corrected chi connectivity index (χ4v) is 3.07. The van der Waals surface area contributed by atoms with E-state index in [1.54, 1.807) is 39.0 Å². The van der Waals surface area contributed by atoms with Gasteiger partial charge in [-0.15, -0.1) is 0 Å². The summed E-state index contributed by atoms with van der Waals surface area (Å²) >= 11 is 0. The smallest absolute Gasteiger partial charge is 0.416 e. The maximum Gasteiger partial charge on any atom is 0.416 e. The molecule has 34 heavy (non-hydrogen) atoms. The van der Waals surface area contributed by atoms with Gasteiger partial charge < -0.3 is 15.6 Å². The zero-order chi connectivity index (χ0) is 25.9. The van der Waals surface area contributed by atoms with Crippen molar-refractivity contribution in [2.75, 3.05) is 5.73 Å². The minimum absolute atomic E-state index is 0.0294. The second-order valence-electron chi connectivity index (χ2n) is 8.60. The summed E-state index contributed by atoms with van der Waals surface area (Å²) in [5.74, 6) is -0.757. The van der Waals surface area contributed by atoms with Gasteiger partial charge in [0.15, 0.2) is 6.29 Å². The highest BCUT2D eigenvalue weighted by atomic mass is 19.4. The molecule has 1 unspecified atom stereocenters. The number of carbonyl (C=O) groups excluding carboxylic acids is 1. The largest absolute Gasteiger partial charge is 0.481 e. The molecule has 0 saturated heterocycles. The third-order valence-corrected chi connectivity index (χ3v) is 5.04. The lowest BCUT2D eigenvalue weighted by atomic mass is 9.87. The number of anilines is 1. The fraction of sp³-hybridized carbons (Fsp3) is 0.348. The van der Waals surface area contributed by atoms with Crippen molar-refractivity contribution in [3.05, 3.63) is 59.8 Å². The SMILES string of the molecule is CC(C)(C)C(=O)O.Nc1cccc2c1cnn2C(C=O)(CC(F)F)c1ccc(C(F)(F)F)cc1. The van der Waals surface area contributed by atoms with Gasteiger partial charge >= 0.3 is 12.1 Å². The number of nitrogen functional groups attached to an aromatic ring is 1. The Bertz CT molecular complexity index is 1150. The van der Waals surface area contributed by atoms with Crippen LogP contribution in [0.2, 0.25) is 0 Å². The van der Waals surface area contributed by atoms with Crippen LogP contribution in [0.25, 0.3) is 10.9 Å². The van der Waals surface area contributed by atoms with Gasteiger partial charge in [0.1, 0.15) is 5.54 Å². The van der Waals surface area contributed by atoms with Crippen molar-refractivity contribution in [2.45, 2.75) is 45.3 Å². The van der Waals surface area contributed by atoms with Gasteiger partial charge in [-0.3, -0.25) is 4.79 Å². The van der Waals surface area contributed by atoms with E-state index in [0.29, 0.717) is 16.6 Å². The number of aliphatic carboxylic acids is 1. The van der Waals surface area contributed by atoms with Crippen molar-refractivity contribution in [3.8, 4) is 0 Å². The lowest BCUT2D eigenvalue weighted by molar-refractivity contribution is -0.145. The molecule has 0 bridgehead atoms. The Labute approximate surface area is 192 Å². The summed E-state index contributed by atoms with van der Waals surface area (Å²) in [6.45, 7) is 4.99. The molecular weight excluding hydrogens is 461 g/mol. The molecule has 0 aliphatic heterocycles. The van der Waals surface area contributed by atoms with Crippen LogP contribution in [-0.4, -0.2) is 33.6 Å². The van der Waals surface area contributed by atoms with Crippen molar-refractivity contribution < 1.29 is 36.6 Å². The Morgan fingerprint density at radius 3 is 2.06 bits per heavy atom. The zero-order valence-electron chi connectivity index (χ0n) is 18.6. The highest BCUT2D eigenvalue weighted by Crippen LogP contribution is 2.36. The Kier molecular flexibility index (Phi) is 7.69. The molecule has 3 N–H and O–H groups in total. The third-order valence-electron chi connectivity index (χ3n) is 5.04. The molecule has 0 aliphatic carbocycles. The van der Waals surface area contributed by atoms with E-state index in [2.05, 4.69) is 5.10 Å². The predicted octanol–water partition coefficient (Wildman–Crippen LogP) is 5.35. The number of carbonyl (C=O) groups is 2. The number of hydrogen-bond donors (Lipinski definition) is 2. The van der Waals surface area contributed by atoms with Crippen LogP contribution in [0.1, 0.15) is 38.3 Å². The number of benzene rings is 2. The lowest BCUT2D eigenvalue weighted by Crippen LogP contribution is -2.39. The van der Waals surface area contributed by atoms with Crippen LogP contribution in [0, 0.1) is 5.41 Å². The molecule has 1 aromatic heterocycles. The second kappa shape index (κ2) is 9.78. The lowest BCUT2D eigenvalue weighted by Gasteiger charge is -2.30. The summed E-state index contributed by atoms with van der Waals surface area (Å²) in [7, 11) is 0. The van der Waals surface area contributed by atoms with Gasteiger partial charge in [-0.2, -0.15) is 18.3 Å². The van der Waals surface area contributed by atoms with Gasteiger partial charge in [-0.05, 0) is 50.6 Å². The van der Waals surface area contributed by atoms with Gasteiger partial charge in [0.05, 0.1) is 22.7 Å². The van der Waals surface area contributed by atoms with E-state index in [0.717, 1.165) is 28.9 Å². The first kappa shape index (κ1) is 26.7. The van der Waals surface area contributed by atoms with Gasteiger partial charge in [0, 0.05) is 17.5 Å². The summed E-state index contributed by atoms with van der Waals surface area (Å²) in [6.07, 6.45) is -6.83. The van der Waals surface area contributed by atoms with Gasteiger partial charge in [-0.25, -0.2) is 13.5 Å². The van der Waals surface area contributed by atoms with E-state index in [1.165, 1.54) is 6.20 Å². The number of aromatic nitrogens is 2. The molecule has 1 heterocycles.